The van der Waals surface area contributed by atoms with Crippen LogP contribution in [0.2, 0.25) is 0 Å². The van der Waals surface area contributed by atoms with Gasteiger partial charge in [0.1, 0.15) is 28.8 Å². The number of aryl methyl sites for hydroxylation is 1. The van der Waals surface area contributed by atoms with Crippen molar-refractivity contribution in [3.63, 3.8) is 0 Å². The number of fused-ring (bicyclic) bond motifs is 1. The summed E-state index contributed by atoms with van der Waals surface area (Å²) in [7, 11) is -0.810. The summed E-state index contributed by atoms with van der Waals surface area (Å²) in [6.45, 7) is 2.36. The Labute approximate surface area is 219 Å². The maximum Gasteiger partial charge on any atom is 0.247 e. The van der Waals surface area contributed by atoms with E-state index >= 15 is 0 Å². The second kappa shape index (κ2) is 10.2. The Morgan fingerprint density at radius 2 is 1.95 bits per heavy atom. The Morgan fingerprint density at radius 3 is 2.62 bits per heavy atom. The molecule has 4 aromatic rings. The van der Waals surface area contributed by atoms with Crippen LogP contribution >= 0.6 is 11.3 Å². The number of carbonyl (C=O) groups is 1. The van der Waals surface area contributed by atoms with Crippen molar-refractivity contribution in [3.05, 3.63) is 66.1 Å². The number of thiazole rings is 1. The summed E-state index contributed by atoms with van der Waals surface area (Å²) in [6.07, 6.45) is 2.53. The fourth-order valence-corrected chi connectivity index (χ4v) is 7.22. The number of nitrogens with zero attached hydrogens (tertiary/aromatic N) is 3. The van der Waals surface area contributed by atoms with E-state index in [0.29, 0.717) is 40.7 Å². The third-order valence-corrected chi connectivity index (χ3v) is 9.59. The van der Waals surface area contributed by atoms with Gasteiger partial charge in [-0.1, -0.05) is 17.4 Å². The molecule has 1 aliphatic rings. The van der Waals surface area contributed by atoms with Crippen LogP contribution in [0.3, 0.4) is 0 Å². The van der Waals surface area contributed by atoms with Crippen LogP contribution in [0.25, 0.3) is 10.2 Å². The molecule has 2 aromatic heterocycles. The summed E-state index contributed by atoms with van der Waals surface area (Å²) < 4.78 is 45.5. The lowest BCUT2D eigenvalue weighted by Gasteiger charge is -2.28. The Bertz CT molecular complexity index is 1510. The molecular weight excluding hydrogens is 514 g/mol. The molecule has 5 rings (SSSR count). The molecule has 194 valence electrons. The molecule has 2 aromatic carbocycles. The largest absolute Gasteiger partial charge is 0.497 e. The van der Waals surface area contributed by atoms with Crippen molar-refractivity contribution in [3.8, 4) is 11.5 Å². The second-order valence-corrected chi connectivity index (χ2v) is 11.6. The maximum atomic E-state index is 14.1. The fourth-order valence-electron chi connectivity index (χ4n) is 4.51. The third-order valence-electron chi connectivity index (χ3n) is 6.46. The highest BCUT2D eigenvalue weighted by Gasteiger charge is 2.42. The van der Waals surface area contributed by atoms with Crippen molar-refractivity contribution in [2.75, 3.05) is 25.7 Å². The Morgan fingerprint density at radius 1 is 1.16 bits per heavy atom. The van der Waals surface area contributed by atoms with Gasteiger partial charge in [-0.05, 0) is 67.8 Å². The van der Waals surface area contributed by atoms with E-state index in [4.69, 9.17) is 18.9 Å². The highest BCUT2D eigenvalue weighted by atomic mass is 32.2. The number of hydrogen-bond acceptors (Lipinski definition) is 8. The first-order valence-corrected chi connectivity index (χ1v) is 14.0. The third kappa shape index (κ3) is 4.70. The lowest BCUT2D eigenvalue weighted by Crippen LogP contribution is -2.47. The molecular formula is C26H27N3O6S2. The molecule has 1 unspecified atom stereocenters. The number of sulfonamides is 1. The molecule has 1 saturated heterocycles. The van der Waals surface area contributed by atoms with Crippen LogP contribution in [0.4, 0.5) is 5.13 Å². The monoisotopic (exact) mass is 541 g/mol. The summed E-state index contributed by atoms with van der Waals surface area (Å²) in [5.41, 5.74) is 1.67. The summed E-state index contributed by atoms with van der Waals surface area (Å²) in [5, 5.41) is 0.456. The molecule has 11 heteroatoms. The first-order valence-electron chi connectivity index (χ1n) is 11.8. The van der Waals surface area contributed by atoms with E-state index in [-0.39, 0.29) is 23.9 Å². The van der Waals surface area contributed by atoms with Crippen LogP contribution < -0.4 is 14.4 Å². The van der Waals surface area contributed by atoms with Crippen LogP contribution in [-0.2, 0) is 21.4 Å². The molecule has 0 saturated carbocycles. The molecule has 0 aliphatic carbocycles. The number of anilines is 1. The predicted octanol–water partition coefficient (Wildman–Crippen LogP) is 4.60. The number of methoxy groups -OCH3 is 2. The van der Waals surface area contributed by atoms with Crippen LogP contribution in [0, 0.1) is 6.92 Å². The SMILES string of the molecule is COc1ccc(S(=O)(=O)N2CCCC2C(=O)N(Cc2ccco2)c2nc3c(OC)ccc(C)c3s2)cc1. The fraction of sp³-hybridized carbons (Fsp3) is 0.308. The Balaban J connectivity index is 1.53. The van der Waals surface area contributed by atoms with E-state index in [9.17, 15) is 13.2 Å². The average Bonchev–Trinajstić information content (AvgIpc) is 3.68. The van der Waals surface area contributed by atoms with E-state index in [1.54, 1.807) is 37.6 Å². The van der Waals surface area contributed by atoms with Gasteiger partial charge >= 0.3 is 0 Å². The van der Waals surface area contributed by atoms with E-state index < -0.39 is 16.1 Å². The lowest BCUT2D eigenvalue weighted by molar-refractivity contribution is -0.121. The van der Waals surface area contributed by atoms with Gasteiger partial charge in [-0.2, -0.15) is 4.31 Å². The molecule has 1 atom stereocenters. The van der Waals surface area contributed by atoms with Gasteiger partial charge in [0.05, 0.1) is 36.6 Å². The summed E-state index contributed by atoms with van der Waals surface area (Å²) >= 11 is 1.37. The van der Waals surface area contributed by atoms with E-state index in [1.807, 2.05) is 19.1 Å². The van der Waals surface area contributed by atoms with Crippen molar-refractivity contribution in [1.82, 2.24) is 9.29 Å². The first kappa shape index (κ1) is 25.2. The molecule has 0 N–H and O–H groups in total. The second-order valence-electron chi connectivity index (χ2n) is 8.71. The van der Waals surface area contributed by atoms with E-state index in [0.717, 1.165) is 10.3 Å². The summed E-state index contributed by atoms with van der Waals surface area (Å²) in [5.74, 6) is 1.39. The van der Waals surface area contributed by atoms with Crippen LogP contribution in [0.5, 0.6) is 11.5 Å². The molecule has 9 nitrogen and oxygen atoms in total. The van der Waals surface area contributed by atoms with Gasteiger partial charge in [-0.15, -0.1) is 0 Å². The average molecular weight is 542 g/mol. The van der Waals surface area contributed by atoms with Gasteiger partial charge in [-0.3, -0.25) is 9.69 Å². The minimum atomic E-state index is -3.91. The molecule has 1 aliphatic heterocycles. The van der Waals surface area contributed by atoms with Gasteiger partial charge in [-0.25, -0.2) is 13.4 Å². The number of amides is 1. The molecule has 1 fully saturated rings. The zero-order chi connectivity index (χ0) is 26.2. The molecule has 37 heavy (non-hydrogen) atoms. The number of furan rings is 1. The van der Waals surface area contributed by atoms with E-state index in [1.165, 1.54) is 39.8 Å². The van der Waals surface area contributed by atoms with Crippen molar-refractivity contribution < 1.29 is 27.1 Å². The topological polar surface area (TPSA) is 102 Å². The zero-order valence-corrected chi connectivity index (χ0v) is 22.3. The molecule has 3 heterocycles. The minimum absolute atomic E-state index is 0.117. The van der Waals surface area contributed by atoms with Gasteiger partial charge in [0.15, 0.2) is 5.13 Å². The highest BCUT2D eigenvalue weighted by molar-refractivity contribution is 7.89. The number of ether oxygens (including phenoxy) is 2. The van der Waals surface area contributed by atoms with Gasteiger partial charge in [0.25, 0.3) is 0 Å². The van der Waals surface area contributed by atoms with Crippen LogP contribution in [-0.4, -0.2) is 50.4 Å². The standard InChI is InChI=1S/C26H27N3O6S2/c1-17-8-13-22(34-3)23-24(17)36-26(27-23)28(16-19-6-5-15-35-19)25(30)21-7-4-14-29(21)37(31,32)20-11-9-18(33-2)10-12-20/h5-6,8-13,15,21H,4,7,14,16H2,1-3H3. The van der Waals surface area contributed by atoms with Crippen molar-refractivity contribution in [2.24, 2.45) is 0 Å². The van der Waals surface area contributed by atoms with Gasteiger partial charge in [0, 0.05) is 6.54 Å². The summed E-state index contributed by atoms with van der Waals surface area (Å²) in [6, 6.07) is 12.6. The quantitative estimate of drug-likeness (QED) is 0.321. The molecule has 0 spiro atoms. The number of hydrogen-bond donors (Lipinski definition) is 0. The van der Waals surface area contributed by atoms with E-state index in [2.05, 4.69) is 0 Å². The Kier molecular flexibility index (Phi) is 6.93. The first-order chi connectivity index (χ1) is 17.8. The normalized spacial score (nSPS) is 16.2. The Hall–Kier alpha value is -3.41. The molecule has 0 radical (unpaired) electrons. The van der Waals surface area contributed by atoms with Crippen molar-refractivity contribution >= 4 is 42.6 Å². The smallest absolute Gasteiger partial charge is 0.247 e. The molecule has 1 amide bonds. The zero-order valence-electron chi connectivity index (χ0n) is 20.7. The predicted molar refractivity (Wildman–Crippen MR) is 141 cm³/mol. The minimum Gasteiger partial charge on any atom is -0.497 e. The number of carbonyl (C=O) groups excluding carboxylic acids is 1. The maximum absolute atomic E-state index is 14.1. The van der Waals surface area contributed by atoms with Crippen LogP contribution in [0.1, 0.15) is 24.2 Å². The van der Waals surface area contributed by atoms with Gasteiger partial charge in [0.2, 0.25) is 15.9 Å². The summed E-state index contributed by atoms with van der Waals surface area (Å²) in [4.78, 5) is 20.5. The number of benzene rings is 2. The van der Waals surface area contributed by atoms with Gasteiger partial charge < -0.3 is 13.9 Å². The molecule has 0 bridgehead atoms. The van der Waals surface area contributed by atoms with Crippen molar-refractivity contribution in [2.45, 2.75) is 37.2 Å². The highest BCUT2D eigenvalue weighted by Crippen LogP contribution is 2.38. The van der Waals surface area contributed by atoms with Crippen LogP contribution in [0.15, 0.2) is 64.1 Å². The lowest BCUT2D eigenvalue weighted by atomic mass is 10.2. The number of aromatic nitrogens is 1. The number of rotatable bonds is 8. The van der Waals surface area contributed by atoms with Crippen molar-refractivity contribution in [1.29, 1.82) is 0 Å².